The molecule has 2 aliphatic heterocycles. The molecular formula is C27H28F4N4O4S. The lowest BCUT2D eigenvalue weighted by atomic mass is 9.96. The van der Waals surface area contributed by atoms with Crippen molar-refractivity contribution in [3.63, 3.8) is 0 Å². The number of hydrogen-bond acceptors (Lipinski definition) is 8. The molecule has 1 N–H and O–H groups in total. The number of ether oxygens (including phenoxy) is 2. The van der Waals surface area contributed by atoms with Crippen LogP contribution in [0.1, 0.15) is 5.56 Å². The number of piperazine rings is 1. The van der Waals surface area contributed by atoms with Crippen molar-refractivity contribution < 1.29 is 32.1 Å². The minimum absolute atomic E-state index is 0.0512. The summed E-state index contributed by atoms with van der Waals surface area (Å²) in [4.78, 5) is 21.5. The van der Waals surface area contributed by atoms with E-state index in [-0.39, 0.29) is 46.3 Å². The summed E-state index contributed by atoms with van der Waals surface area (Å²) >= 11 is 1.16. The number of aromatic nitrogens is 2. The number of benzene rings is 2. The predicted molar refractivity (Wildman–Crippen MR) is 144 cm³/mol. The summed E-state index contributed by atoms with van der Waals surface area (Å²) in [6.07, 6.45) is -4.74. The Morgan fingerprint density at radius 2 is 1.93 bits per heavy atom. The Morgan fingerprint density at radius 1 is 1.23 bits per heavy atom. The third-order valence-electron chi connectivity index (χ3n) is 7.06. The number of anilines is 1. The van der Waals surface area contributed by atoms with Crippen LogP contribution in [0.4, 0.5) is 23.4 Å². The average Bonchev–Trinajstić information content (AvgIpc) is 3.14. The highest BCUT2D eigenvalue weighted by Crippen LogP contribution is 2.48. The molecule has 0 amide bonds. The van der Waals surface area contributed by atoms with Crippen molar-refractivity contribution >= 4 is 28.5 Å². The van der Waals surface area contributed by atoms with E-state index in [1.807, 2.05) is 0 Å². The van der Waals surface area contributed by atoms with Crippen LogP contribution >= 0.6 is 11.8 Å². The highest BCUT2D eigenvalue weighted by molar-refractivity contribution is 7.99. The van der Waals surface area contributed by atoms with E-state index in [4.69, 9.17) is 9.47 Å². The normalized spacial score (nSPS) is 19.1. The molecule has 40 heavy (non-hydrogen) atoms. The molecule has 0 radical (unpaired) electrons. The van der Waals surface area contributed by atoms with Crippen molar-refractivity contribution in [3.8, 4) is 11.1 Å². The van der Waals surface area contributed by atoms with Gasteiger partial charge in [-0.3, -0.25) is 9.47 Å². The first-order valence-electron chi connectivity index (χ1n) is 12.6. The highest BCUT2D eigenvalue weighted by atomic mass is 32.2. The first kappa shape index (κ1) is 28.6. The molecule has 2 aliphatic rings. The van der Waals surface area contributed by atoms with Crippen LogP contribution < -0.4 is 10.6 Å². The molecular weight excluding hydrogens is 552 g/mol. The summed E-state index contributed by atoms with van der Waals surface area (Å²) < 4.78 is 69.9. The fraction of sp³-hybridized carbons (Fsp3) is 0.407. The molecule has 0 spiro atoms. The van der Waals surface area contributed by atoms with Gasteiger partial charge in [0.25, 0.3) is 0 Å². The lowest BCUT2D eigenvalue weighted by Crippen LogP contribution is -2.50. The largest absolute Gasteiger partial charge is 0.417 e. The fourth-order valence-electron chi connectivity index (χ4n) is 5.12. The van der Waals surface area contributed by atoms with Crippen LogP contribution in [-0.4, -0.2) is 77.7 Å². The summed E-state index contributed by atoms with van der Waals surface area (Å²) in [5.41, 5.74) is -1.14. The van der Waals surface area contributed by atoms with Crippen molar-refractivity contribution in [2.45, 2.75) is 29.9 Å². The van der Waals surface area contributed by atoms with Gasteiger partial charge >= 0.3 is 11.9 Å². The van der Waals surface area contributed by atoms with Crippen molar-refractivity contribution in [2.24, 2.45) is 0 Å². The Labute approximate surface area is 231 Å². The third-order valence-corrected chi connectivity index (χ3v) is 8.28. The van der Waals surface area contributed by atoms with Crippen LogP contribution in [0.2, 0.25) is 0 Å². The minimum Gasteiger partial charge on any atom is -0.375 e. The molecule has 8 nitrogen and oxygen atoms in total. The molecule has 2 atom stereocenters. The molecule has 1 saturated heterocycles. The van der Waals surface area contributed by atoms with E-state index in [1.165, 1.54) is 29.9 Å². The number of aliphatic hydroxyl groups excluding tert-OH is 1. The zero-order valence-electron chi connectivity index (χ0n) is 21.7. The topological polar surface area (TPSA) is 80.1 Å². The lowest BCUT2D eigenvalue weighted by Gasteiger charge is -2.37. The van der Waals surface area contributed by atoms with Crippen molar-refractivity contribution in [1.82, 2.24) is 14.5 Å². The van der Waals surface area contributed by atoms with Gasteiger partial charge in [0.05, 0.1) is 23.7 Å². The van der Waals surface area contributed by atoms with Gasteiger partial charge < -0.3 is 19.5 Å². The van der Waals surface area contributed by atoms with Crippen LogP contribution in [0.5, 0.6) is 0 Å². The third kappa shape index (κ3) is 5.48. The Bertz CT molecular complexity index is 1460. The first-order valence-corrected chi connectivity index (χ1v) is 13.6. The summed E-state index contributed by atoms with van der Waals surface area (Å²) in [6, 6.07) is 5.88. The van der Waals surface area contributed by atoms with Crippen molar-refractivity contribution in [2.75, 3.05) is 50.7 Å². The average molecular weight is 581 g/mol. The predicted octanol–water partition coefficient (Wildman–Crippen LogP) is 3.94. The van der Waals surface area contributed by atoms with E-state index < -0.39 is 35.6 Å². The number of halogens is 4. The molecule has 1 aromatic heterocycles. The Balaban J connectivity index is 1.75. The van der Waals surface area contributed by atoms with E-state index in [0.717, 1.165) is 30.0 Å². The molecule has 214 valence electrons. The number of methoxy groups -OCH3 is 1. The molecule has 1 fully saturated rings. The molecule has 1 unspecified atom stereocenters. The quantitative estimate of drug-likeness (QED) is 0.256. The molecule has 2 aromatic carbocycles. The standard InChI is InChI=1S/C27H28F4N4O4S/c1-3-21(36)33-8-10-34(11-9-33)25-19-12-20(27(29,30)31)22(16-4-6-17(28)7-5-16)24-23(19)35(26(37)32-25)13-18(14-40-24)39-15-38-2/h3-7,12,18,21,36H,1,8-11,13-15H2,2H3/t18-,21?/m0/s1. The van der Waals surface area contributed by atoms with E-state index in [9.17, 15) is 27.5 Å². The van der Waals surface area contributed by atoms with Crippen LogP contribution in [0.15, 0.2) is 52.7 Å². The van der Waals surface area contributed by atoms with Crippen molar-refractivity contribution in [1.29, 1.82) is 0 Å². The summed E-state index contributed by atoms with van der Waals surface area (Å²) in [6.45, 7) is 5.07. The second-order valence-electron chi connectivity index (χ2n) is 9.54. The maximum Gasteiger partial charge on any atom is 0.417 e. The van der Waals surface area contributed by atoms with Gasteiger partial charge in [0.15, 0.2) is 0 Å². The van der Waals surface area contributed by atoms with Gasteiger partial charge in [-0.25, -0.2) is 9.18 Å². The van der Waals surface area contributed by atoms with E-state index in [1.54, 1.807) is 9.80 Å². The molecule has 5 rings (SSSR count). The SMILES string of the molecule is C=CC(O)N1CCN(c2nc(=O)n3c4c(c(-c5ccc(F)cc5)c(C(F)(F)F)cc24)SC[C@@H](OCOC)C3)CC1. The zero-order chi connectivity index (χ0) is 28.6. The van der Waals surface area contributed by atoms with Gasteiger partial charge in [0, 0.05) is 54.9 Å². The Morgan fingerprint density at radius 3 is 2.55 bits per heavy atom. The van der Waals surface area contributed by atoms with Crippen LogP contribution in [0, 0.1) is 5.82 Å². The van der Waals surface area contributed by atoms with Gasteiger partial charge in [0.2, 0.25) is 0 Å². The number of alkyl halides is 3. The Kier molecular flexibility index (Phi) is 8.20. The number of rotatable bonds is 7. The number of hydrogen-bond donors (Lipinski definition) is 1. The van der Waals surface area contributed by atoms with Gasteiger partial charge in [0.1, 0.15) is 24.7 Å². The lowest BCUT2D eigenvalue weighted by molar-refractivity contribution is -0.137. The van der Waals surface area contributed by atoms with Gasteiger partial charge in [-0.15, -0.1) is 11.8 Å². The summed E-state index contributed by atoms with van der Waals surface area (Å²) in [5.74, 6) is -0.172. The molecule has 3 heterocycles. The second kappa shape index (κ2) is 11.5. The smallest absolute Gasteiger partial charge is 0.375 e. The Hall–Kier alpha value is -2.97. The maximum absolute atomic E-state index is 14.7. The summed E-state index contributed by atoms with van der Waals surface area (Å²) in [7, 11) is 1.45. The fourth-order valence-corrected chi connectivity index (χ4v) is 6.40. The van der Waals surface area contributed by atoms with Gasteiger partial charge in [-0.1, -0.05) is 18.7 Å². The number of thioether (sulfide) groups is 1. The molecule has 0 bridgehead atoms. The first-order chi connectivity index (χ1) is 19.1. The summed E-state index contributed by atoms with van der Waals surface area (Å²) in [5, 5.41) is 10.3. The number of nitrogens with zero attached hydrogens (tertiary/aromatic N) is 4. The van der Waals surface area contributed by atoms with Crippen LogP contribution in [0.25, 0.3) is 22.0 Å². The molecule has 3 aromatic rings. The second-order valence-corrected chi connectivity index (χ2v) is 10.6. The van der Waals surface area contributed by atoms with E-state index >= 15 is 0 Å². The minimum atomic E-state index is -4.75. The van der Waals surface area contributed by atoms with Crippen LogP contribution in [0.3, 0.4) is 0 Å². The van der Waals surface area contributed by atoms with Crippen molar-refractivity contribution in [3.05, 3.63) is 64.9 Å². The van der Waals surface area contributed by atoms with Crippen LogP contribution in [-0.2, 0) is 22.2 Å². The van der Waals surface area contributed by atoms with Gasteiger partial charge in [-0.2, -0.15) is 18.2 Å². The monoisotopic (exact) mass is 580 g/mol. The maximum atomic E-state index is 14.7. The highest BCUT2D eigenvalue weighted by Gasteiger charge is 2.38. The zero-order valence-corrected chi connectivity index (χ0v) is 22.5. The molecule has 0 aliphatic carbocycles. The molecule has 13 heteroatoms. The number of aliphatic hydroxyl groups is 1. The van der Waals surface area contributed by atoms with E-state index in [2.05, 4.69) is 11.6 Å². The van der Waals surface area contributed by atoms with E-state index in [0.29, 0.717) is 31.7 Å². The van der Waals surface area contributed by atoms with Gasteiger partial charge in [-0.05, 0) is 29.8 Å². The molecule has 0 saturated carbocycles.